The molecule has 0 aliphatic rings. The topological polar surface area (TPSA) is 104 Å². The summed E-state index contributed by atoms with van der Waals surface area (Å²) in [5.74, 6) is -0.0613. The van der Waals surface area contributed by atoms with Crippen LogP contribution in [0.25, 0.3) is 22.1 Å². The number of hydrogen-bond acceptors (Lipinski definition) is 6. The number of para-hydroxylation sites is 4. The molecule has 5 rings (SSSR count). The molecular weight excluding hydrogens is 496 g/mol. The fourth-order valence-corrected chi connectivity index (χ4v) is 6.25. The second kappa shape index (κ2) is 9.18. The van der Waals surface area contributed by atoms with Crippen LogP contribution in [0.4, 0.5) is 0 Å². The van der Waals surface area contributed by atoms with Gasteiger partial charge in [-0.3, -0.25) is 0 Å². The Morgan fingerprint density at radius 3 is 1.31 bits per heavy atom. The van der Waals surface area contributed by atoms with E-state index in [1.54, 1.807) is 35.1 Å². The molecule has 0 aliphatic carbocycles. The lowest BCUT2D eigenvalue weighted by Gasteiger charge is -2.12. The lowest BCUT2D eigenvalue weighted by molar-refractivity contribution is 0.574. The van der Waals surface area contributed by atoms with E-state index in [0.717, 1.165) is 22.2 Å². The fourth-order valence-electron chi connectivity index (χ4n) is 4.26. The zero-order valence-corrected chi connectivity index (χ0v) is 21.6. The van der Waals surface area contributed by atoms with Crippen LogP contribution in [0.1, 0.15) is 25.0 Å². The van der Waals surface area contributed by atoms with Crippen LogP contribution in [0, 0.1) is 0 Å². The van der Waals surface area contributed by atoms with E-state index in [2.05, 4.69) is 9.97 Å². The molecule has 0 saturated carbocycles. The van der Waals surface area contributed by atoms with Gasteiger partial charge in [0.2, 0.25) is 30.0 Å². The molecule has 0 radical (unpaired) electrons. The summed E-state index contributed by atoms with van der Waals surface area (Å²) in [5, 5.41) is 0.129. The number of fused-ring (bicyclic) bond motifs is 2. The van der Waals surface area contributed by atoms with Gasteiger partial charge in [-0.15, -0.1) is 0 Å². The van der Waals surface area contributed by atoms with E-state index >= 15 is 0 Å². The number of nitrogens with zero attached hydrogens (tertiary/aromatic N) is 4. The van der Waals surface area contributed by atoms with Crippen molar-refractivity contribution in [2.24, 2.45) is 0 Å². The predicted molar refractivity (Wildman–Crippen MR) is 140 cm³/mol. The number of aromatic nitrogens is 4. The smallest absolute Gasteiger partial charge is 0.229 e. The monoisotopic (exact) mass is 522 g/mol. The fraction of sp³-hybridized carbons (Fsp3) is 0.231. The van der Waals surface area contributed by atoms with Gasteiger partial charge >= 0.3 is 0 Å². The second-order valence-electron chi connectivity index (χ2n) is 8.56. The van der Waals surface area contributed by atoms with Gasteiger partial charge in [0, 0.05) is 0 Å². The predicted octanol–water partition coefficient (Wildman–Crippen LogP) is 4.07. The molecule has 0 bridgehead atoms. The summed E-state index contributed by atoms with van der Waals surface area (Å²) >= 11 is 0. The van der Waals surface area contributed by atoms with Crippen LogP contribution in [0.3, 0.4) is 0 Å². The molecule has 5 aromatic rings. The van der Waals surface area contributed by atoms with Crippen molar-refractivity contribution in [2.75, 3.05) is 11.5 Å². The summed E-state index contributed by atoms with van der Waals surface area (Å²) in [7, 11) is -7.02. The molecule has 0 fully saturated rings. The van der Waals surface area contributed by atoms with Gasteiger partial charge in [0.25, 0.3) is 0 Å². The van der Waals surface area contributed by atoms with Crippen molar-refractivity contribution in [3.8, 4) is 0 Å². The van der Waals surface area contributed by atoms with E-state index in [-0.39, 0.29) is 21.8 Å². The van der Waals surface area contributed by atoms with Gasteiger partial charge in [-0.05, 0) is 35.4 Å². The highest BCUT2D eigenvalue weighted by Crippen LogP contribution is 2.24. The summed E-state index contributed by atoms with van der Waals surface area (Å²) in [6.45, 7) is 3.92. The minimum Gasteiger partial charge on any atom is -0.310 e. The van der Waals surface area contributed by atoms with Crippen LogP contribution in [-0.2, 0) is 32.8 Å². The number of rotatable bonds is 8. The molecule has 0 N–H and O–H groups in total. The van der Waals surface area contributed by atoms with Crippen molar-refractivity contribution in [1.29, 1.82) is 0 Å². The number of sulfone groups is 2. The maximum atomic E-state index is 12.7. The SMILES string of the molecule is CCS(=O)(=O)c1nc2ccccc2n1Cc1ccc(Cn2c(S(=O)(=O)CC)nc3ccccc32)cc1. The number of hydrogen-bond donors (Lipinski definition) is 0. The van der Waals surface area contributed by atoms with E-state index in [1.807, 2.05) is 60.7 Å². The Hall–Kier alpha value is -3.50. The first-order chi connectivity index (χ1) is 17.2. The van der Waals surface area contributed by atoms with Crippen LogP contribution in [0.2, 0.25) is 0 Å². The average molecular weight is 523 g/mol. The van der Waals surface area contributed by atoms with Crippen molar-refractivity contribution in [3.05, 3.63) is 83.9 Å². The molecule has 186 valence electrons. The highest BCUT2D eigenvalue weighted by Gasteiger charge is 2.23. The van der Waals surface area contributed by atoms with Crippen LogP contribution in [0.15, 0.2) is 83.1 Å². The molecule has 10 heteroatoms. The normalized spacial score (nSPS) is 12.5. The van der Waals surface area contributed by atoms with Crippen molar-refractivity contribution in [2.45, 2.75) is 37.2 Å². The summed E-state index contributed by atoms with van der Waals surface area (Å²) < 4.78 is 54.3. The zero-order valence-electron chi connectivity index (χ0n) is 20.0. The molecule has 3 aromatic carbocycles. The maximum absolute atomic E-state index is 12.7. The standard InChI is InChI=1S/C26H26N4O4S2/c1-3-35(31,32)25-27-21-9-5-7-11-23(21)29(25)17-19-13-15-20(16-14-19)18-30-24-12-8-6-10-22(24)28-26(30)36(33,34)4-2/h5-16H,3-4,17-18H2,1-2H3. The van der Waals surface area contributed by atoms with E-state index in [9.17, 15) is 16.8 Å². The van der Waals surface area contributed by atoms with Gasteiger partial charge in [0.15, 0.2) is 0 Å². The second-order valence-corrected chi connectivity index (χ2v) is 12.9. The summed E-state index contributed by atoms with van der Waals surface area (Å²) in [6.07, 6.45) is 0. The first-order valence-electron chi connectivity index (χ1n) is 11.7. The van der Waals surface area contributed by atoms with E-state index < -0.39 is 19.7 Å². The molecule has 0 saturated heterocycles. The molecule has 36 heavy (non-hydrogen) atoms. The quantitative estimate of drug-likeness (QED) is 0.304. The third-order valence-corrected chi connectivity index (χ3v) is 9.52. The van der Waals surface area contributed by atoms with E-state index in [1.165, 1.54) is 0 Å². The van der Waals surface area contributed by atoms with Crippen molar-refractivity contribution in [1.82, 2.24) is 19.1 Å². The van der Waals surface area contributed by atoms with Crippen LogP contribution in [0.5, 0.6) is 0 Å². The highest BCUT2D eigenvalue weighted by molar-refractivity contribution is 7.91. The number of benzene rings is 3. The Balaban J connectivity index is 1.50. The maximum Gasteiger partial charge on any atom is 0.229 e. The van der Waals surface area contributed by atoms with Crippen LogP contribution < -0.4 is 0 Å². The van der Waals surface area contributed by atoms with Gasteiger partial charge in [-0.25, -0.2) is 26.8 Å². The largest absolute Gasteiger partial charge is 0.310 e. The van der Waals surface area contributed by atoms with Gasteiger partial charge in [-0.2, -0.15) is 0 Å². The molecule has 0 aliphatic heterocycles. The first-order valence-corrected chi connectivity index (χ1v) is 15.0. The van der Waals surface area contributed by atoms with Crippen molar-refractivity contribution < 1.29 is 16.8 Å². The Morgan fingerprint density at radius 1 is 0.583 bits per heavy atom. The summed E-state index contributed by atoms with van der Waals surface area (Å²) in [4.78, 5) is 8.79. The summed E-state index contributed by atoms with van der Waals surface area (Å²) in [6, 6.07) is 22.5. The van der Waals surface area contributed by atoms with Crippen LogP contribution in [-0.4, -0.2) is 47.4 Å². The van der Waals surface area contributed by atoms with E-state index in [0.29, 0.717) is 24.1 Å². The molecule has 2 aromatic heterocycles. The van der Waals surface area contributed by atoms with Gasteiger partial charge < -0.3 is 9.13 Å². The third kappa shape index (κ3) is 4.31. The van der Waals surface area contributed by atoms with Gasteiger partial charge in [-0.1, -0.05) is 62.4 Å². The van der Waals surface area contributed by atoms with Gasteiger partial charge in [0.05, 0.1) is 46.7 Å². The Morgan fingerprint density at radius 2 is 0.944 bits per heavy atom. The molecule has 8 nitrogen and oxygen atoms in total. The average Bonchev–Trinajstić information content (AvgIpc) is 3.45. The first kappa shape index (κ1) is 24.2. The lowest BCUT2D eigenvalue weighted by atomic mass is 10.1. The highest BCUT2D eigenvalue weighted by atomic mass is 32.2. The summed E-state index contributed by atoms with van der Waals surface area (Å²) in [5.41, 5.74) is 4.61. The molecule has 2 heterocycles. The Labute approximate surface area is 210 Å². The molecule has 0 spiro atoms. The molecule has 0 atom stereocenters. The van der Waals surface area contributed by atoms with Gasteiger partial charge in [0.1, 0.15) is 0 Å². The third-order valence-electron chi connectivity index (χ3n) is 6.26. The lowest BCUT2D eigenvalue weighted by Crippen LogP contribution is -2.14. The minimum atomic E-state index is -3.51. The molecule has 0 unspecified atom stereocenters. The number of imidazole rings is 2. The van der Waals surface area contributed by atoms with Crippen molar-refractivity contribution in [3.63, 3.8) is 0 Å². The Bertz CT molecular complexity index is 1650. The van der Waals surface area contributed by atoms with E-state index in [4.69, 9.17) is 0 Å². The minimum absolute atomic E-state index is 0.0306. The zero-order chi connectivity index (χ0) is 25.5. The molecule has 0 amide bonds. The Kier molecular flexibility index (Phi) is 6.17. The van der Waals surface area contributed by atoms with Crippen molar-refractivity contribution >= 4 is 41.7 Å². The molecular formula is C26H26N4O4S2. The van der Waals surface area contributed by atoms with Crippen LogP contribution >= 0.6 is 0 Å².